The minimum absolute atomic E-state index is 0.140. The molecule has 292 valence electrons. The van der Waals surface area contributed by atoms with Gasteiger partial charge in [-0.25, -0.2) is 0 Å². The van der Waals surface area contributed by atoms with Crippen molar-refractivity contribution in [3.8, 4) is 0 Å². The Kier molecular flexibility index (Phi) is 20.7. The molecule has 2 aliphatic rings. The van der Waals surface area contributed by atoms with E-state index in [-0.39, 0.29) is 12.0 Å². The van der Waals surface area contributed by atoms with Gasteiger partial charge in [0.05, 0.1) is 19.3 Å². The highest BCUT2D eigenvalue weighted by Gasteiger charge is 2.51. The average Bonchev–Trinajstić information content (AvgIpc) is 3.13. The maximum absolute atomic E-state index is 12.0. The number of hydrogen-bond acceptors (Lipinski definition) is 12. The van der Waals surface area contributed by atoms with Gasteiger partial charge in [0.25, 0.3) is 0 Å². The van der Waals surface area contributed by atoms with Crippen LogP contribution in [0.5, 0.6) is 0 Å². The van der Waals surface area contributed by atoms with Crippen molar-refractivity contribution < 1.29 is 59.5 Å². The molecule has 2 fully saturated rings. The molecule has 11 atom stereocenters. The Balaban J connectivity index is 1.22. The maximum atomic E-state index is 12.0. The Morgan fingerprint density at radius 1 is 0.745 bits per heavy atom. The van der Waals surface area contributed by atoms with E-state index >= 15 is 0 Å². The van der Waals surface area contributed by atoms with Gasteiger partial charge in [-0.3, -0.25) is 4.79 Å². The number of aliphatic hydroxyl groups is 7. The van der Waals surface area contributed by atoms with Crippen molar-refractivity contribution in [3.05, 3.63) is 48.0 Å². The standard InChI is InChI=1S/C38H63NO12/c1-26(48-38-36(34(46)32(44)29(25-41)50-38)51-37-35(47)33(45)31(43)28(24-40)49-37)18-14-11-9-7-5-3-2-4-6-8-10-12-17-21-30(42)39-23-22-27-19-15-13-16-20-27/h2-3,13,15-16,19-20,26,28-29,31-38,40-41,43-47H,4-12,14,17-18,21-25H2,1H3,(H,39,42)/b3-2-/t26?,28-,29-,31-,32-,33+,34+,35-,36-,37+,38-/m1/s1. The van der Waals surface area contributed by atoms with E-state index in [1.807, 2.05) is 25.1 Å². The van der Waals surface area contributed by atoms with Crippen molar-refractivity contribution in [2.75, 3.05) is 19.8 Å². The second-order valence-corrected chi connectivity index (χ2v) is 13.8. The Bertz CT molecular complexity index is 1090. The zero-order valence-electron chi connectivity index (χ0n) is 30.1. The fourth-order valence-electron chi connectivity index (χ4n) is 6.38. The van der Waals surface area contributed by atoms with Crippen molar-refractivity contribution in [3.63, 3.8) is 0 Å². The van der Waals surface area contributed by atoms with Gasteiger partial charge in [-0.2, -0.15) is 0 Å². The van der Waals surface area contributed by atoms with E-state index in [0.29, 0.717) is 19.4 Å². The predicted molar refractivity (Wildman–Crippen MR) is 189 cm³/mol. The average molecular weight is 726 g/mol. The first kappa shape index (κ1) is 43.4. The van der Waals surface area contributed by atoms with Gasteiger partial charge < -0.3 is 60.0 Å². The number of unbranched alkanes of at least 4 members (excludes halogenated alkanes) is 9. The number of rotatable bonds is 24. The molecule has 3 rings (SSSR count). The molecule has 0 aliphatic carbocycles. The number of carbonyl (C=O) groups is 1. The zero-order valence-corrected chi connectivity index (χ0v) is 30.1. The van der Waals surface area contributed by atoms with Crippen LogP contribution >= 0.6 is 0 Å². The summed E-state index contributed by atoms with van der Waals surface area (Å²) in [4.78, 5) is 12.0. The molecule has 0 spiro atoms. The van der Waals surface area contributed by atoms with E-state index in [4.69, 9.17) is 18.9 Å². The first-order valence-electron chi connectivity index (χ1n) is 18.9. The summed E-state index contributed by atoms with van der Waals surface area (Å²) in [6, 6.07) is 10.2. The molecule has 2 saturated heterocycles. The summed E-state index contributed by atoms with van der Waals surface area (Å²) >= 11 is 0. The molecule has 1 amide bonds. The lowest BCUT2D eigenvalue weighted by Crippen LogP contribution is -2.64. The lowest BCUT2D eigenvalue weighted by Gasteiger charge is -2.46. The van der Waals surface area contributed by atoms with Crippen LogP contribution in [-0.4, -0.2) is 129 Å². The minimum atomic E-state index is -1.71. The third kappa shape index (κ3) is 15.1. The van der Waals surface area contributed by atoms with Crippen LogP contribution in [0.1, 0.15) is 96.0 Å². The van der Waals surface area contributed by atoms with Crippen molar-refractivity contribution in [2.24, 2.45) is 0 Å². The summed E-state index contributed by atoms with van der Waals surface area (Å²) in [7, 11) is 0. The molecule has 0 radical (unpaired) electrons. The highest BCUT2D eigenvalue weighted by Crippen LogP contribution is 2.30. The van der Waals surface area contributed by atoms with E-state index in [1.165, 1.54) is 12.0 Å². The van der Waals surface area contributed by atoms with Crippen LogP contribution in [0.25, 0.3) is 0 Å². The van der Waals surface area contributed by atoms with Crippen molar-refractivity contribution in [1.82, 2.24) is 5.32 Å². The third-order valence-electron chi connectivity index (χ3n) is 9.58. The highest BCUT2D eigenvalue weighted by atomic mass is 16.8. The number of allylic oxidation sites excluding steroid dienone is 2. The SMILES string of the molecule is CC(CCCCCC/C=C\CCCCCCCC(=O)NCCc1ccccc1)O[C@@H]1O[C@H](CO)[C@@H](O)[C@H](O)[C@H]1O[C@@H]1O[C@H](CO)[C@@H](O)[C@H](O)[C@H]1O. The zero-order chi connectivity index (χ0) is 37.0. The molecule has 0 aromatic heterocycles. The lowest BCUT2D eigenvalue weighted by molar-refractivity contribution is -0.371. The fraction of sp³-hybridized carbons (Fsp3) is 0.763. The Morgan fingerprint density at radius 3 is 1.96 bits per heavy atom. The Morgan fingerprint density at radius 2 is 1.31 bits per heavy atom. The first-order chi connectivity index (χ1) is 24.7. The molecule has 13 heteroatoms. The largest absolute Gasteiger partial charge is 0.394 e. The van der Waals surface area contributed by atoms with Crippen LogP contribution in [0.3, 0.4) is 0 Å². The van der Waals surface area contributed by atoms with Gasteiger partial charge in [-0.05, 0) is 57.4 Å². The number of carbonyl (C=O) groups excluding carboxylic acids is 1. The summed E-state index contributed by atoms with van der Waals surface area (Å²) < 4.78 is 22.9. The smallest absolute Gasteiger partial charge is 0.220 e. The van der Waals surface area contributed by atoms with Gasteiger partial charge >= 0.3 is 0 Å². The normalized spacial score (nSPS) is 30.4. The highest BCUT2D eigenvalue weighted by molar-refractivity contribution is 5.75. The summed E-state index contributed by atoms with van der Waals surface area (Å²) in [5.41, 5.74) is 1.24. The summed E-state index contributed by atoms with van der Waals surface area (Å²) in [5, 5.41) is 73.9. The molecule has 1 aromatic carbocycles. The van der Waals surface area contributed by atoms with E-state index < -0.39 is 74.6 Å². The molecule has 0 bridgehead atoms. The lowest BCUT2D eigenvalue weighted by atomic mass is 9.97. The number of amides is 1. The van der Waals surface area contributed by atoms with E-state index in [2.05, 4.69) is 29.6 Å². The first-order valence-corrected chi connectivity index (χ1v) is 18.9. The molecular formula is C38H63NO12. The maximum Gasteiger partial charge on any atom is 0.220 e. The molecule has 8 N–H and O–H groups in total. The van der Waals surface area contributed by atoms with Gasteiger partial charge in [0.15, 0.2) is 12.6 Å². The van der Waals surface area contributed by atoms with Crippen molar-refractivity contribution >= 4 is 5.91 Å². The quantitative estimate of drug-likeness (QED) is 0.0569. The van der Waals surface area contributed by atoms with Crippen LogP contribution in [0, 0.1) is 0 Å². The molecular weight excluding hydrogens is 662 g/mol. The molecule has 1 unspecified atom stereocenters. The monoisotopic (exact) mass is 725 g/mol. The number of ether oxygens (including phenoxy) is 4. The topological polar surface area (TPSA) is 208 Å². The van der Waals surface area contributed by atoms with Crippen LogP contribution in [0.2, 0.25) is 0 Å². The predicted octanol–water partition coefficient (Wildman–Crippen LogP) is 2.00. The van der Waals surface area contributed by atoms with Gasteiger partial charge in [-0.1, -0.05) is 81.0 Å². The molecule has 2 aliphatic heterocycles. The molecule has 1 aromatic rings. The van der Waals surface area contributed by atoms with E-state index in [9.17, 15) is 40.5 Å². The number of hydrogen-bond donors (Lipinski definition) is 8. The molecule has 2 heterocycles. The Hall–Kier alpha value is -2.01. The van der Waals surface area contributed by atoms with Crippen molar-refractivity contribution in [2.45, 2.75) is 164 Å². The number of nitrogens with one attached hydrogen (secondary N) is 1. The van der Waals surface area contributed by atoms with E-state index in [0.717, 1.165) is 70.6 Å². The van der Waals surface area contributed by atoms with Crippen LogP contribution in [0.4, 0.5) is 0 Å². The van der Waals surface area contributed by atoms with Gasteiger partial charge in [0, 0.05) is 13.0 Å². The second-order valence-electron chi connectivity index (χ2n) is 13.8. The molecule has 13 nitrogen and oxygen atoms in total. The van der Waals surface area contributed by atoms with Gasteiger partial charge in [0.1, 0.15) is 48.8 Å². The molecule has 0 saturated carbocycles. The molecule has 51 heavy (non-hydrogen) atoms. The van der Waals surface area contributed by atoms with Crippen LogP contribution < -0.4 is 5.32 Å². The number of aliphatic hydroxyl groups excluding tert-OH is 7. The van der Waals surface area contributed by atoms with Crippen molar-refractivity contribution in [1.29, 1.82) is 0 Å². The minimum Gasteiger partial charge on any atom is -0.394 e. The van der Waals surface area contributed by atoms with Gasteiger partial charge in [-0.15, -0.1) is 0 Å². The third-order valence-corrected chi connectivity index (χ3v) is 9.58. The van der Waals surface area contributed by atoms with Crippen LogP contribution in [-0.2, 0) is 30.2 Å². The summed E-state index contributed by atoms with van der Waals surface area (Å²) in [6.07, 6.45) is 3.33. The van der Waals surface area contributed by atoms with E-state index in [1.54, 1.807) is 0 Å². The Labute approximate surface area is 302 Å². The second kappa shape index (κ2) is 24.3. The van der Waals surface area contributed by atoms with Gasteiger partial charge in [0.2, 0.25) is 5.91 Å². The summed E-state index contributed by atoms with van der Waals surface area (Å²) in [5.74, 6) is 0.140. The fourth-order valence-corrected chi connectivity index (χ4v) is 6.38. The van der Waals surface area contributed by atoms with Crippen LogP contribution in [0.15, 0.2) is 42.5 Å². The summed E-state index contributed by atoms with van der Waals surface area (Å²) in [6.45, 7) is 1.29. The number of benzene rings is 1.